The van der Waals surface area contributed by atoms with Crippen LogP contribution in [0.4, 0.5) is 11.6 Å². The van der Waals surface area contributed by atoms with E-state index in [9.17, 15) is 8.42 Å². The summed E-state index contributed by atoms with van der Waals surface area (Å²) >= 11 is 5.95. The molecule has 22 heavy (non-hydrogen) atoms. The van der Waals surface area contributed by atoms with Gasteiger partial charge in [0, 0.05) is 14.1 Å². The van der Waals surface area contributed by atoms with Crippen LogP contribution >= 0.6 is 11.6 Å². The minimum Gasteiger partial charge on any atom is -0.495 e. The van der Waals surface area contributed by atoms with Crippen molar-refractivity contribution in [1.29, 1.82) is 0 Å². The lowest BCUT2D eigenvalue weighted by Gasteiger charge is -2.12. The molecule has 0 aliphatic heterocycles. The van der Waals surface area contributed by atoms with Crippen LogP contribution in [0.2, 0.25) is 5.02 Å². The van der Waals surface area contributed by atoms with Crippen LogP contribution in [-0.2, 0) is 10.0 Å². The first kappa shape index (κ1) is 16.3. The summed E-state index contributed by atoms with van der Waals surface area (Å²) in [5.41, 5.74) is 0.262. The highest BCUT2D eigenvalue weighted by Gasteiger charge is 2.16. The van der Waals surface area contributed by atoms with Crippen molar-refractivity contribution < 1.29 is 13.2 Å². The van der Waals surface area contributed by atoms with E-state index < -0.39 is 10.0 Å². The average molecular weight is 343 g/mol. The Hall–Kier alpha value is -2.06. The van der Waals surface area contributed by atoms with Crippen LogP contribution in [0.3, 0.4) is 0 Å². The first-order valence-corrected chi connectivity index (χ1v) is 8.05. The number of aromatic nitrogens is 2. The lowest BCUT2D eigenvalue weighted by atomic mass is 10.3. The Kier molecular flexibility index (Phi) is 4.72. The van der Waals surface area contributed by atoms with Gasteiger partial charge in [-0.15, -0.1) is 0 Å². The van der Waals surface area contributed by atoms with Crippen molar-refractivity contribution in [3.8, 4) is 5.75 Å². The second-order valence-electron chi connectivity index (χ2n) is 4.57. The molecular formula is C13H15ClN4O3S. The van der Waals surface area contributed by atoms with Gasteiger partial charge in [-0.3, -0.25) is 4.72 Å². The van der Waals surface area contributed by atoms with E-state index in [0.29, 0.717) is 11.7 Å². The number of methoxy groups -OCH3 is 1. The molecular weight excluding hydrogens is 328 g/mol. The van der Waals surface area contributed by atoms with Gasteiger partial charge in [-0.2, -0.15) is 0 Å². The predicted octanol–water partition coefficient (Wildman–Crippen LogP) is 2.01. The van der Waals surface area contributed by atoms with Gasteiger partial charge in [0.25, 0.3) is 10.0 Å². The molecule has 1 heterocycles. The largest absolute Gasteiger partial charge is 0.495 e. The molecule has 0 amide bonds. The zero-order chi connectivity index (χ0) is 16.3. The first-order valence-electron chi connectivity index (χ1n) is 6.19. The van der Waals surface area contributed by atoms with E-state index in [2.05, 4.69) is 14.7 Å². The molecule has 9 heteroatoms. The molecule has 1 aromatic carbocycles. The molecule has 7 nitrogen and oxygen atoms in total. The van der Waals surface area contributed by atoms with E-state index in [0.717, 1.165) is 0 Å². The topological polar surface area (TPSA) is 84.4 Å². The quantitative estimate of drug-likeness (QED) is 0.894. The van der Waals surface area contributed by atoms with Crippen LogP contribution in [0, 0.1) is 0 Å². The van der Waals surface area contributed by atoms with E-state index >= 15 is 0 Å². The lowest BCUT2D eigenvalue weighted by molar-refractivity contribution is 0.414. The maximum atomic E-state index is 12.3. The van der Waals surface area contributed by atoms with Gasteiger partial charge in [0.1, 0.15) is 5.75 Å². The molecule has 0 unspecified atom stereocenters. The molecule has 0 aliphatic carbocycles. The maximum absolute atomic E-state index is 12.3. The third kappa shape index (κ3) is 3.58. The number of anilines is 2. The van der Waals surface area contributed by atoms with E-state index in [1.54, 1.807) is 19.0 Å². The van der Waals surface area contributed by atoms with Crippen molar-refractivity contribution in [1.82, 2.24) is 9.97 Å². The van der Waals surface area contributed by atoms with Gasteiger partial charge in [0.2, 0.25) is 5.95 Å². The molecule has 0 spiro atoms. The molecule has 0 saturated carbocycles. The molecule has 118 valence electrons. The summed E-state index contributed by atoms with van der Waals surface area (Å²) in [6, 6.07) is 4.21. The minimum atomic E-state index is -3.78. The number of benzene rings is 1. The van der Waals surface area contributed by atoms with Crippen molar-refractivity contribution in [3.05, 3.63) is 35.6 Å². The summed E-state index contributed by atoms with van der Waals surface area (Å²) in [5, 5.41) is 0.213. The summed E-state index contributed by atoms with van der Waals surface area (Å²) < 4.78 is 32.0. The normalized spacial score (nSPS) is 11.1. The van der Waals surface area contributed by atoms with Crippen LogP contribution in [0.1, 0.15) is 0 Å². The summed E-state index contributed by atoms with van der Waals surface area (Å²) in [4.78, 5) is 9.82. The third-order valence-electron chi connectivity index (χ3n) is 2.72. The number of rotatable bonds is 5. The second-order valence-corrected chi connectivity index (χ2v) is 6.66. The highest BCUT2D eigenvalue weighted by Crippen LogP contribution is 2.27. The molecule has 1 aromatic heterocycles. The summed E-state index contributed by atoms with van der Waals surface area (Å²) in [7, 11) is 1.26. The SMILES string of the molecule is COc1ccc(S(=O)(=O)Nc2cnc(N(C)C)nc2)cc1Cl. The van der Waals surface area contributed by atoms with Gasteiger partial charge in [0.15, 0.2) is 0 Å². The molecule has 2 aromatic rings. The Morgan fingerprint density at radius 1 is 1.23 bits per heavy atom. The van der Waals surface area contributed by atoms with E-state index in [1.807, 2.05) is 0 Å². The van der Waals surface area contributed by atoms with Crippen LogP contribution < -0.4 is 14.4 Å². The fourth-order valence-corrected chi connectivity index (χ4v) is 3.01. The van der Waals surface area contributed by atoms with E-state index in [1.165, 1.54) is 37.7 Å². The summed E-state index contributed by atoms with van der Waals surface area (Å²) in [6.07, 6.45) is 2.79. The molecule has 0 radical (unpaired) electrons. The van der Waals surface area contributed by atoms with Gasteiger partial charge < -0.3 is 9.64 Å². The van der Waals surface area contributed by atoms with Gasteiger partial charge in [-0.1, -0.05) is 11.6 Å². The number of nitrogens with one attached hydrogen (secondary N) is 1. The van der Waals surface area contributed by atoms with Gasteiger partial charge in [-0.25, -0.2) is 18.4 Å². The number of ether oxygens (including phenoxy) is 1. The van der Waals surface area contributed by atoms with E-state index in [-0.39, 0.29) is 15.6 Å². The van der Waals surface area contributed by atoms with Gasteiger partial charge in [0.05, 0.1) is 35.1 Å². The van der Waals surface area contributed by atoms with Crippen LogP contribution in [0.15, 0.2) is 35.5 Å². The minimum absolute atomic E-state index is 0.0231. The number of hydrogen-bond acceptors (Lipinski definition) is 6. The van der Waals surface area contributed by atoms with Gasteiger partial charge >= 0.3 is 0 Å². The van der Waals surface area contributed by atoms with Crippen LogP contribution in [-0.4, -0.2) is 39.6 Å². The Labute approximate surface area is 134 Å². The highest BCUT2D eigenvalue weighted by atomic mass is 35.5. The van der Waals surface area contributed by atoms with Gasteiger partial charge in [-0.05, 0) is 18.2 Å². The Balaban J connectivity index is 2.25. The monoisotopic (exact) mass is 342 g/mol. The van der Waals surface area contributed by atoms with Crippen LogP contribution in [0.25, 0.3) is 0 Å². The molecule has 0 fully saturated rings. The molecule has 0 atom stereocenters. The standard InChI is InChI=1S/C13H15ClN4O3S/c1-18(2)13-15-7-9(8-16-13)17-22(19,20)10-4-5-12(21-3)11(14)6-10/h4-8,17H,1-3H3. The number of hydrogen-bond donors (Lipinski definition) is 1. The molecule has 0 bridgehead atoms. The maximum Gasteiger partial charge on any atom is 0.262 e. The number of sulfonamides is 1. The fourth-order valence-electron chi connectivity index (χ4n) is 1.63. The number of nitrogens with zero attached hydrogens (tertiary/aromatic N) is 3. The highest BCUT2D eigenvalue weighted by molar-refractivity contribution is 7.92. The smallest absolute Gasteiger partial charge is 0.262 e. The zero-order valence-corrected chi connectivity index (χ0v) is 13.8. The van der Waals surface area contributed by atoms with Crippen molar-refractivity contribution in [3.63, 3.8) is 0 Å². The van der Waals surface area contributed by atoms with Crippen molar-refractivity contribution >= 4 is 33.3 Å². The van der Waals surface area contributed by atoms with E-state index in [4.69, 9.17) is 16.3 Å². The van der Waals surface area contributed by atoms with Crippen molar-refractivity contribution in [2.45, 2.75) is 4.90 Å². The Bertz CT molecular complexity index is 763. The third-order valence-corrected chi connectivity index (χ3v) is 4.40. The summed E-state index contributed by atoms with van der Waals surface area (Å²) in [5.74, 6) is 0.884. The molecule has 2 rings (SSSR count). The molecule has 0 aliphatic rings. The van der Waals surface area contributed by atoms with Crippen molar-refractivity contribution in [2.24, 2.45) is 0 Å². The molecule has 0 saturated heterocycles. The fraction of sp³-hybridized carbons (Fsp3) is 0.231. The molecule has 1 N–H and O–H groups in total. The average Bonchev–Trinajstić information content (AvgIpc) is 2.47. The lowest BCUT2D eigenvalue weighted by Crippen LogP contribution is -2.15. The van der Waals surface area contributed by atoms with Crippen LogP contribution in [0.5, 0.6) is 5.75 Å². The zero-order valence-electron chi connectivity index (χ0n) is 12.2. The van der Waals surface area contributed by atoms with Crippen molar-refractivity contribution in [2.75, 3.05) is 30.8 Å². The number of halogens is 1. The second kappa shape index (κ2) is 6.37. The Morgan fingerprint density at radius 3 is 2.36 bits per heavy atom. The summed E-state index contributed by atoms with van der Waals surface area (Å²) in [6.45, 7) is 0. The Morgan fingerprint density at radius 2 is 1.86 bits per heavy atom. The predicted molar refractivity (Wildman–Crippen MR) is 85.2 cm³/mol. The first-order chi connectivity index (χ1) is 10.3.